The third-order valence-electron chi connectivity index (χ3n) is 3.12. The Kier molecular flexibility index (Phi) is 4.18. The Bertz CT molecular complexity index is 653. The average Bonchev–Trinajstić information content (AvgIpc) is 2.45. The maximum Gasteiger partial charge on any atom is 0.419 e. The van der Waals surface area contributed by atoms with E-state index in [1.54, 1.807) is 18.2 Å². The standard InChI is InChI=1S/C15H13F4NO/c1-21-11-3-4-12(10(6-11)8-20)9-2-5-13(14(16)7-9)15(17,18)19/h2-7H,8,20H2,1H3. The molecule has 0 aliphatic heterocycles. The van der Waals surface area contributed by atoms with Crippen LogP contribution in [0.4, 0.5) is 17.6 Å². The molecule has 0 bridgehead atoms. The molecule has 0 spiro atoms. The van der Waals surface area contributed by atoms with Gasteiger partial charge < -0.3 is 10.5 Å². The summed E-state index contributed by atoms with van der Waals surface area (Å²) in [6.45, 7) is 0.162. The van der Waals surface area contributed by atoms with Gasteiger partial charge in [-0.3, -0.25) is 0 Å². The second kappa shape index (κ2) is 5.73. The molecule has 0 aliphatic carbocycles. The van der Waals surface area contributed by atoms with Crippen LogP contribution in [0.25, 0.3) is 11.1 Å². The van der Waals surface area contributed by atoms with E-state index in [0.29, 0.717) is 22.4 Å². The number of ether oxygens (including phenoxy) is 1. The van der Waals surface area contributed by atoms with Crippen LogP contribution in [0.2, 0.25) is 0 Å². The molecular weight excluding hydrogens is 286 g/mol. The lowest BCUT2D eigenvalue weighted by atomic mass is 9.98. The first-order chi connectivity index (χ1) is 9.86. The number of hydrogen-bond acceptors (Lipinski definition) is 2. The zero-order valence-electron chi connectivity index (χ0n) is 11.2. The van der Waals surface area contributed by atoms with E-state index in [1.165, 1.54) is 13.2 Å². The van der Waals surface area contributed by atoms with Crippen LogP contribution in [-0.4, -0.2) is 7.11 Å². The van der Waals surface area contributed by atoms with Crippen LogP contribution in [0, 0.1) is 5.82 Å². The molecule has 0 atom stereocenters. The highest BCUT2D eigenvalue weighted by Gasteiger charge is 2.34. The van der Waals surface area contributed by atoms with E-state index in [9.17, 15) is 17.6 Å². The van der Waals surface area contributed by atoms with Crippen molar-refractivity contribution in [3.63, 3.8) is 0 Å². The quantitative estimate of drug-likeness (QED) is 0.870. The SMILES string of the molecule is COc1ccc(-c2ccc(C(F)(F)F)c(F)c2)c(CN)c1. The number of halogens is 4. The van der Waals surface area contributed by atoms with Crippen molar-refractivity contribution >= 4 is 0 Å². The Morgan fingerprint density at radius 2 is 1.81 bits per heavy atom. The van der Waals surface area contributed by atoms with E-state index < -0.39 is 17.6 Å². The highest BCUT2D eigenvalue weighted by molar-refractivity contribution is 5.69. The molecule has 0 radical (unpaired) electrons. The number of methoxy groups -OCH3 is 1. The highest BCUT2D eigenvalue weighted by atomic mass is 19.4. The molecule has 2 rings (SSSR count). The van der Waals surface area contributed by atoms with Crippen LogP contribution in [0.5, 0.6) is 5.75 Å². The van der Waals surface area contributed by atoms with Crippen molar-refractivity contribution in [1.29, 1.82) is 0 Å². The van der Waals surface area contributed by atoms with Gasteiger partial charge in [0.2, 0.25) is 0 Å². The second-order valence-electron chi connectivity index (χ2n) is 4.42. The van der Waals surface area contributed by atoms with Gasteiger partial charge in [-0.15, -0.1) is 0 Å². The fourth-order valence-corrected chi connectivity index (χ4v) is 2.06. The number of benzene rings is 2. The Labute approximate surface area is 119 Å². The monoisotopic (exact) mass is 299 g/mol. The van der Waals surface area contributed by atoms with Gasteiger partial charge in [-0.2, -0.15) is 13.2 Å². The van der Waals surface area contributed by atoms with Crippen molar-refractivity contribution in [2.45, 2.75) is 12.7 Å². The highest BCUT2D eigenvalue weighted by Crippen LogP contribution is 2.34. The van der Waals surface area contributed by atoms with Crippen LogP contribution in [0.3, 0.4) is 0 Å². The molecule has 2 aromatic carbocycles. The molecule has 21 heavy (non-hydrogen) atoms. The predicted molar refractivity (Wildman–Crippen MR) is 71.3 cm³/mol. The van der Waals surface area contributed by atoms with Gasteiger partial charge in [-0.05, 0) is 41.0 Å². The number of nitrogens with two attached hydrogens (primary N) is 1. The molecule has 0 heterocycles. The number of alkyl halides is 3. The van der Waals surface area contributed by atoms with E-state index in [-0.39, 0.29) is 6.54 Å². The lowest BCUT2D eigenvalue weighted by Crippen LogP contribution is -2.08. The van der Waals surface area contributed by atoms with Crippen molar-refractivity contribution < 1.29 is 22.3 Å². The zero-order valence-corrected chi connectivity index (χ0v) is 11.2. The summed E-state index contributed by atoms with van der Waals surface area (Å²) in [5.74, 6) is -0.731. The first-order valence-corrected chi connectivity index (χ1v) is 6.11. The molecule has 0 saturated heterocycles. The van der Waals surface area contributed by atoms with Gasteiger partial charge in [-0.25, -0.2) is 4.39 Å². The summed E-state index contributed by atoms with van der Waals surface area (Å²) in [6, 6.07) is 7.78. The Morgan fingerprint density at radius 1 is 1.10 bits per heavy atom. The first kappa shape index (κ1) is 15.3. The van der Waals surface area contributed by atoms with Gasteiger partial charge in [0.1, 0.15) is 11.6 Å². The predicted octanol–water partition coefficient (Wildman–Crippen LogP) is 3.98. The van der Waals surface area contributed by atoms with Crippen molar-refractivity contribution in [1.82, 2.24) is 0 Å². The van der Waals surface area contributed by atoms with Gasteiger partial charge in [-0.1, -0.05) is 12.1 Å². The van der Waals surface area contributed by atoms with Crippen molar-refractivity contribution in [2.75, 3.05) is 7.11 Å². The van der Waals surface area contributed by atoms with Gasteiger partial charge in [0.15, 0.2) is 0 Å². The third-order valence-corrected chi connectivity index (χ3v) is 3.12. The van der Waals surface area contributed by atoms with Crippen molar-refractivity contribution in [3.05, 3.63) is 53.3 Å². The van der Waals surface area contributed by atoms with Crippen LogP contribution in [0.1, 0.15) is 11.1 Å². The Morgan fingerprint density at radius 3 is 2.33 bits per heavy atom. The van der Waals surface area contributed by atoms with Gasteiger partial charge in [0, 0.05) is 6.54 Å². The van der Waals surface area contributed by atoms with Crippen LogP contribution >= 0.6 is 0 Å². The summed E-state index contributed by atoms with van der Waals surface area (Å²) in [5, 5.41) is 0. The van der Waals surface area contributed by atoms with Crippen molar-refractivity contribution in [2.24, 2.45) is 5.73 Å². The molecule has 0 aliphatic rings. The second-order valence-corrected chi connectivity index (χ2v) is 4.42. The number of rotatable bonds is 3. The summed E-state index contributed by atoms with van der Waals surface area (Å²) < 4.78 is 56.3. The molecule has 2 N–H and O–H groups in total. The minimum Gasteiger partial charge on any atom is -0.497 e. The van der Waals surface area contributed by atoms with Crippen LogP contribution in [-0.2, 0) is 12.7 Å². The maximum atomic E-state index is 13.6. The fraction of sp³-hybridized carbons (Fsp3) is 0.200. The van der Waals surface area contributed by atoms with Crippen LogP contribution in [0.15, 0.2) is 36.4 Å². The topological polar surface area (TPSA) is 35.2 Å². The lowest BCUT2D eigenvalue weighted by Gasteiger charge is -2.13. The Hall–Kier alpha value is -2.08. The van der Waals surface area contributed by atoms with E-state index in [1.807, 2.05) is 0 Å². The van der Waals surface area contributed by atoms with Gasteiger partial charge in [0.25, 0.3) is 0 Å². The fourth-order valence-electron chi connectivity index (χ4n) is 2.06. The molecule has 6 heteroatoms. The normalized spacial score (nSPS) is 11.5. The average molecular weight is 299 g/mol. The molecule has 2 aromatic rings. The summed E-state index contributed by atoms with van der Waals surface area (Å²) in [7, 11) is 1.49. The zero-order chi connectivity index (χ0) is 15.6. The molecule has 0 amide bonds. The van der Waals surface area contributed by atoms with Crippen molar-refractivity contribution in [3.8, 4) is 16.9 Å². The largest absolute Gasteiger partial charge is 0.497 e. The first-order valence-electron chi connectivity index (χ1n) is 6.11. The molecule has 0 saturated carbocycles. The van der Waals surface area contributed by atoms with Gasteiger partial charge >= 0.3 is 6.18 Å². The molecule has 112 valence electrons. The molecule has 0 fully saturated rings. The number of hydrogen-bond donors (Lipinski definition) is 1. The molecule has 0 aromatic heterocycles. The van der Waals surface area contributed by atoms with Crippen LogP contribution < -0.4 is 10.5 Å². The molecule has 2 nitrogen and oxygen atoms in total. The lowest BCUT2D eigenvalue weighted by molar-refractivity contribution is -0.139. The van der Waals surface area contributed by atoms with E-state index in [2.05, 4.69) is 0 Å². The molecule has 0 unspecified atom stereocenters. The van der Waals surface area contributed by atoms with E-state index in [4.69, 9.17) is 10.5 Å². The smallest absolute Gasteiger partial charge is 0.419 e. The summed E-state index contributed by atoms with van der Waals surface area (Å²) in [6.07, 6.45) is -4.71. The Balaban J connectivity index is 2.50. The van der Waals surface area contributed by atoms with Gasteiger partial charge in [0.05, 0.1) is 12.7 Å². The summed E-state index contributed by atoms with van der Waals surface area (Å²) in [5.41, 5.74) is 5.91. The van der Waals surface area contributed by atoms with E-state index in [0.717, 1.165) is 12.1 Å². The third kappa shape index (κ3) is 3.16. The molecular formula is C15H13F4NO. The minimum atomic E-state index is -4.71. The maximum absolute atomic E-state index is 13.6. The summed E-state index contributed by atoms with van der Waals surface area (Å²) in [4.78, 5) is 0. The summed E-state index contributed by atoms with van der Waals surface area (Å²) >= 11 is 0. The minimum absolute atomic E-state index is 0.162. The van der Waals surface area contributed by atoms with E-state index >= 15 is 0 Å².